The largest absolute Gasteiger partial charge is 0.468 e. The van der Waals surface area contributed by atoms with E-state index in [9.17, 15) is 4.79 Å². The molecule has 3 atom stereocenters. The van der Waals surface area contributed by atoms with Crippen molar-refractivity contribution in [2.24, 2.45) is 11.7 Å². The lowest BCUT2D eigenvalue weighted by Gasteiger charge is -2.34. The van der Waals surface area contributed by atoms with Gasteiger partial charge < -0.3 is 20.1 Å². The molecule has 0 amide bonds. The average molecular weight is 284 g/mol. The number of nitrogens with zero attached hydrogens (tertiary/aromatic N) is 1. The first-order chi connectivity index (χ1) is 9.60. The Bertz CT molecular complexity index is 337. The van der Waals surface area contributed by atoms with Crippen LogP contribution in [0.4, 0.5) is 0 Å². The molecule has 1 aliphatic heterocycles. The van der Waals surface area contributed by atoms with Crippen LogP contribution >= 0.6 is 0 Å². The third kappa shape index (κ3) is 3.32. The number of hydrogen-bond acceptors (Lipinski definition) is 5. The van der Waals surface area contributed by atoms with E-state index in [-0.39, 0.29) is 11.9 Å². The first kappa shape index (κ1) is 15.7. The molecule has 116 valence electrons. The second kappa shape index (κ2) is 6.87. The Morgan fingerprint density at radius 2 is 2.15 bits per heavy atom. The summed E-state index contributed by atoms with van der Waals surface area (Å²) in [6.45, 7) is 3.13. The third-order valence-corrected chi connectivity index (χ3v) is 5.03. The van der Waals surface area contributed by atoms with Crippen molar-refractivity contribution >= 4 is 5.97 Å². The molecule has 0 radical (unpaired) electrons. The minimum Gasteiger partial charge on any atom is -0.468 e. The fourth-order valence-electron chi connectivity index (χ4n) is 3.71. The number of hydrogen-bond donors (Lipinski definition) is 1. The molecule has 5 heteroatoms. The van der Waals surface area contributed by atoms with E-state index >= 15 is 0 Å². The van der Waals surface area contributed by atoms with Gasteiger partial charge in [0.25, 0.3) is 0 Å². The maximum absolute atomic E-state index is 11.9. The van der Waals surface area contributed by atoms with Gasteiger partial charge in [-0.2, -0.15) is 0 Å². The molecule has 0 spiro atoms. The molecule has 2 aliphatic rings. The molecule has 1 saturated carbocycles. The maximum Gasteiger partial charge on any atom is 0.326 e. The van der Waals surface area contributed by atoms with Crippen molar-refractivity contribution in [3.05, 3.63) is 0 Å². The van der Waals surface area contributed by atoms with Crippen molar-refractivity contribution in [3.63, 3.8) is 0 Å². The molecule has 0 aromatic heterocycles. The number of rotatable bonds is 5. The van der Waals surface area contributed by atoms with Gasteiger partial charge in [-0.25, -0.2) is 0 Å². The fourth-order valence-corrected chi connectivity index (χ4v) is 3.71. The van der Waals surface area contributed by atoms with Crippen LogP contribution in [0.1, 0.15) is 38.5 Å². The van der Waals surface area contributed by atoms with Gasteiger partial charge in [-0.1, -0.05) is 6.42 Å². The Kier molecular flexibility index (Phi) is 5.41. The molecule has 1 heterocycles. The highest BCUT2D eigenvalue weighted by Crippen LogP contribution is 2.37. The Morgan fingerprint density at radius 1 is 1.35 bits per heavy atom. The van der Waals surface area contributed by atoms with Crippen LogP contribution in [-0.2, 0) is 14.3 Å². The number of esters is 1. The van der Waals surface area contributed by atoms with E-state index in [1.165, 1.54) is 13.5 Å². The maximum atomic E-state index is 11.9. The second-order valence-electron chi connectivity index (χ2n) is 6.21. The molecule has 5 nitrogen and oxygen atoms in total. The highest BCUT2D eigenvalue weighted by molar-refractivity contribution is 5.81. The van der Waals surface area contributed by atoms with Gasteiger partial charge >= 0.3 is 5.97 Å². The first-order valence-electron chi connectivity index (χ1n) is 7.72. The number of nitrogens with two attached hydrogens (primary N) is 1. The summed E-state index contributed by atoms with van der Waals surface area (Å²) < 4.78 is 10.3. The van der Waals surface area contributed by atoms with Crippen molar-refractivity contribution in [1.29, 1.82) is 0 Å². The SMILES string of the molecule is COC(=O)C1(N)CCCC1CCN1CCCC(OC)C1. The number of likely N-dealkylation sites (tertiary alicyclic amines) is 1. The summed E-state index contributed by atoms with van der Waals surface area (Å²) in [6.07, 6.45) is 6.49. The average Bonchev–Trinajstić information content (AvgIpc) is 2.86. The molecule has 2 rings (SSSR count). The van der Waals surface area contributed by atoms with Gasteiger partial charge in [0.05, 0.1) is 13.2 Å². The summed E-state index contributed by atoms with van der Waals surface area (Å²) in [6, 6.07) is 0. The van der Waals surface area contributed by atoms with Crippen LogP contribution in [0.2, 0.25) is 0 Å². The molecule has 1 saturated heterocycles. The van der Waals surface area contributed by atoms with Crippen molar-refractivity contribution in [1.82, 2.24) is 4.90 Å². The van der Waals surface area contributed by atoms with E-state index in [4.69, 9.17) is 15.2 Å². The van der Waals surface area contributed by atoms with Crippen molar-refractivity contribution in [2.75, 3.05) is 33.9 Å². The van der Waals surface area contributed by atoms with E-state index in [0.717, 1.165) is 51.7 Å². The van der Waals surface area contributed by atoms with Gasteiger partial charge in [0.2, 0.25) is 0 Å². The Morgan fingerprint density at radius 3 is 2.85 bits per heavy atom. The summed E-state index contributed by atoms with van der Waals surface area (Å²) in [7, 11) is 3.22. The molecular weight excluding hydrogens is 256 g/mol. The topological polar surface area (TPSA) is 64.8 Å². The van der Waals surface area contributed by atoms with E-state index in [1.807, 2.05) is 0 Å². The van der Waals surface area contributed by atoms with E-state index in [0.29, 0.717) is 6.10 Å². The molecular formula is C15H28N2O3. The molecule has 0 aromatic rings. The predicted molar refractivity (Wildman–Crippen MR) is 77.4 cm³/mol. The predicted octanol–water partition coefficient (Wildman–Crippen LogP) is 1.16. The Balaban J connectivity index is 1.85. The Labute approximate surface area is 121 Å². The molecule has 20 heavy (non-hydrogen) atoms. The van der Waals surface area contributed by atoms with E-state index in [1.54, 1.807) is 7.11 Å². The number of carbonyl (C=O) groups is 1. The lowest BCUT2D eigenvalue weighted by molar-refractivity contribution is -0.148. The number of ether oxygens (including phenoxy) is 2. The number of piperidine rings is 1. The highest BCUT2D eigenvalue weighted by atomic mass is 16.5. The summed E-state index contributed by atoms with van der Waals surface area (Å²) >= 11 is 0. The van der Waals surface area contributed by atoms with E-state index in [2.05, 4.69) is 4.90 Å². The van der Waals surface area contributed by atoms with Crippen LogP contribution in [0.3, 0.4) is 0 Å². The van der Waals surface area contributed by atoms with Gasteiger partial charge in [-0.15, -0.1) is 0 Å². The van der Waals surface area contributed by atoms with Crippen molar-refractivity contribution in [2.45, 2.75) is 50.2 Å². The summed E-state index contributed by atoms with van der Waals surface area (Å²) in [4.78, 5) is 14.4. The van der Waals surface area contributed by atoms with Gasteiger partial charge in [-0.3, -0.25) is 4.79 Å². The van der Waals surface area contributed by atoms with Crippen LogP contribution < -0.4 is 5.73 Å². The minimum atomic E-state index is -0.759. The van der Waals surface area contributed by atoms with Crippen LogP contribution in [0.15, 0.2) is 0 Å². The molecule has 0 aromatic carbocycles. The smallest absolute Gasteiger partial charge is 0.326 e. The molecule has 0 bridgehead atoms. The minimum absolute atomic E-state index is 0.242. The van der Waals surface area contributed by atoms with E-state index < -0.39 is 5.54 Å². The summed E-state index contributed by atoms with van der Waals surface area (Å²) in [5.41, 5.74) is 5.55. The zero-order chi connectivity index (χ0) is 14.6. The van der Waals surface area contributed by atoms with Crippen LogP contribution in [0.25, 0.3) is 0 Å². The van der Waals surface area contributed by atoms with Crippen LogP contribution in [0.5, 0.6) is 0 Å². The van der Waals surface area contributed by atoms with Gasteiger partial charge in [-0.05, 0) is 51.1 Å². The Hall–Kier alpha value is -0.650. The first-order valence-corrected chi connectivity index (χ1v) is 7.72. The molecule has 3 unspecified atom stereocenters. The number of carbonyl (C=O) groups excluding carboxylic acids is 1. The highest BCUT2D eigenvalue weighted by Gasteiger charge is 2.46. The van der Waals surface area contributed by atoms with Crippen molar-refractivity contribution in [3.8, 4) is 0 Å². The molecule has 1 aliphatic carbocycles. The monoisotopic (exact) mass is 284 g/mol. The standard InChI is InChI=1S/C15H28N2O3/c1-19-13-6-4-9-17(11-13)10-7-12-5-3-8-15(12,16)14(18)20-2/h12-13H,3-11,16H2,1-2H3. The van der Waals surface area contributed by atoms with Crippen LogP contribution in [0, 0.1) is 5.92 Å². The number of methoxy groups -OCH3 is 2. The zero-order valence-corrected chi connectivity index (χ0v) is 12.8. The molecule has 2 fully saturated rings. The quantitative estimate of drug-likeness (QED) is 0.767. The third-order valence-electron chi connectivity index (χ3n) is 5.03. The van der Waals surface area contributed by atoms with Gasteiger partial charge in [0.1, 0.15) is 5.54 Å². The van der Waals surface area contributed by atoms with Crippen molar-refractivity contribution < 1.29 is 14.3 Å². The fraction of sp³-hybridized carbons (Fsp3) is 0.933. The second-order valence-corrected chi connectivity index (χ2v) is 6.21. The zero-order valence-electron chi connectivity index (χ0n) is 12.8. The summed E-state index contributed by atoms with van der Waals surface area (Å²) in [5.74, 6) is 0.00582. The normalized spacial score (nSPS) is 35.1. The lowest BCUT2D eigenvalue weighted by atomic mass is 9.85. The van der Waals surface area contributed by atoms with Crippen LogP contribution in [-0.4, -0.2) is 56.4 Å². The summed E-state index contributed by atoms with van der Waals surface area (Å²) in [5, 5.41) is 0. The van der Waals surface area contributed by atoms with Gasteiger partial charge in [0.15, 0.2) is 0 Å². The van der Waals surface area contributed by atoms with Gasteiger partial charge in [0, 0.05) is 13.7 Å². The lowest BCUT2D eigenvalue weighted by Crippen LogP contribution is -2.52. The molecule has 2 N–H and O–H groups in total.